The molecule has 0 atom stereocenters. The first-order valence-electron chi connectivity index (χ1n) is 8.69. The number of rotatable bonds is 7. The zero-order valence-electron chi connectivity index (χ0n) is 15.1. The molecule has 1 fully saturated rings. The van der Waals surface area contributed by atoms with Crippen molar-refractivity contribution < 1.29 is 9.47 Å². The predicted molar refractivity (Wildman–Crippen MR) is 99.3 cm³/mol. The lowest BCUT2D eigenvalue weighted by Gasteiger charge is -2.37. The van der Waals surface area contributed by atoms with Gasteiger partial charge in [0, 0.05) is 64.7 Å². The number of anilines is 1. The number of nitrogens with one attached hydrogen (secondary N) is 1. The van der Waals surface area contributed by atoms with E-state index in [1.54, 1.807) is 14.2 Å². The number of hydrogen-bond donors (Lipinski definition) is 1. The number of piperazine rings is 1. The Morgan fingerprint density at radius 3 is 2.67 bits per heavy atom. The minimum absolute atomic E-state index is 0.756. The van der Waals surface area contributed by atoms with Gasteiger partial charge in [0.05, 0.1) is 7.11 Å². The number of nitrogens with zero attached hydrogens (tertiary/aromatic N) is 3. The van der Waals surface area contributed by atoms with E-state index in [4.69, 9.17) is 14.5 Å². The molecule has 0 aliphatic carbocycles. The summed E-state index contributed by atoms with van der Waals surface area (Å²) in [5.74, 6) is 1.92. The summed E-state index contributed by atoms with van der Waals surface area (Å²) in [5, 5.41) is 3.40. The minimum Gasteiger partial charge on any atom is -0.497 e. The van der Waals surface area contributed by atoms with Crippen molar-refractivity contribution in [3.8, 4) is 5.75 Å². The molecule has 6 nitrogen and oxygen atoms in total. The van der Waals surface area contributed by atoms with Gasteiger partial charge in [-0.2, -0.15) is 0 Å². The van der Waals surface area contributed by atoms with Crippen LogP contribution in [0.15, 0.2) is 29.3 Å². The highest BCUT2D eigenvalue weighted by atomic mass is 16.5. The van der Waals surface area contributed by atoms with Crippen LogP contribution >= 0.6 is 0 Å². The fourth-order valence-corrected chi connectivity index (χ4v) is 2.80. The van der Waals surface area contributed by atoms with Crippen LogP contribution in [0.1, 0.15) is 13.3 Å². The van der Waals surface area contributed by atoms with Crippen molar-refractivity contribution in [2.75, 3.05) is 65.0 Å². The lowest BCUT2D eigenvalue weighted by atomic mass is 10.2. The molecule has 6 heteroatoms. The quantitative estimate of drug-likeness (QED) is 0.468. The van der Waals surface area contributed by atoms with E-state index in [0.717, 1.165) is 64.0 Å². The van der Waals surface area contributed by atoms with E-state index < -0.39 is 0 Å². The molecule has 0 radical (unpaired) electrons. The largest absolute Gasteiger partial charge is 0.497 e. The van der Waals surface area contributed by atoms with Gasteiger partial charge in [-0.3, -0.25) is 4.99 Å². The molecule has 1 aromatic carbocycles. The first kappa shape index (κ1) is 18.4. The smallest absolute Gasteiger partial charge is 0.194 e. The highest BCUT2D eigenvalue weighted by Crippen LogP contribution is 2.22. The van der Waals surface area contributed by atoms with Gasteiger partial charge in [0.1, 0.15) is 5.75 Å². The number of aliphatic imine (C=N–C) groups is 1. The molecule has 0 saturated carbocycles. The molecule has 1 aliphatic heterocycles. The first-order chi connectivity index (χ1) is 11.8. The molecular formula is C18H30N4O2. The minimum atomic E-state index is 0.756. The van der Waals surface area contributed by atoms with Gasteiger partial charge in [-0.25, -0.2) is 0 Å². The van der Waals surface area contributed by atoms with Gasteiger partial charge in [-0.15, -0.1) is 0 Å². The predicted octanol–water partition coefficient (Wildman–Crippen LogP) is 1.82. The molecular weight excluding hydrogens is 304 g/mol. The van der Waals surface area contributed by atoms with Gasteiger partial charge in [-0.1, -0.05) is 6.07 Å². The van der Waals surface area contributed by atoms with Crippen LogP contribution < -0.4 is 15.0 Å². The van der Waals surface area contributed by atoms with Crippen LogP contribution in [0, 0.1) is 0 Å². The number of guanidine groups is 1. The second-order valence-corrected chi connectivity index (χ2v) is 5.76. The summed E-state index contributed by atoms with van der Waals surface area (Å²) in [6, 6.07) is 8.26. The summed E-state index contributed by atoms with van der Waals surface area (Å²) in [7, 11) is 3.44. The topological polar surface area (TPSA) is 49.3 Å². The maximum atomic E-state index is 5.32. The van der Waals surface area contributed by atoms with E-state index in [1.165, 1.54) is 5.69 Å². The summed E-state index contributed by atoms with van der Waals surface area (Å²) in [4.78, 5) is 9.45. The number of methoxy groups -OCH3 is 2. The Kier molecular flexibility index (Phi) is 7.68. The molecule has 0 bridgehead atoms. The third-order valence-electron chi connectivity index (χ3n) is 4.10. The van der Waals surface area contributed by atoms with Crippen LogP contribution in [0.5, 0.6) is 5.75 Å². The molecule has 1 heterocycles. The number of hydrogen-bond acceptors (Lipinski definition) is 4. The van der Waals surface area contributed by atoms with Crippen molar-refractivity contribution in [3.63, 3.8) is 0 Å². The third-order valence-corrected chi connectivity index (χ3v) is 4.10. The van der Waals surface area contributed by atoms with Crippen LogP contribution in [0.25, 0.3) is 0 Å². The van der Waals surface area contributed by atoms with E-state index >= 15 is 0 Å². The summed E-state index contributed by atoms with van der Waals surface area (Å²) in [6.07, 6.45) is 0.954. The van der Waals surface area contributed by atoms with Crippen LogP contribution in [0.3, 0.4) is 0 Å². The summed E-state index contributed by atoms with van der Waals surface area (Å²) in [5.41, 5.74) is 1.22. The molecule has 1 N–H and O–H groups in total. The van der Waals surface area contributed by atoms with Gasteiger partial charge in [-0.05, 0) is 25.5 Å². The summed E-state index contributed by atoms with van der Waals surface area (Å²) >= 11 is 0. The molecule has 0 aromatic heterocycles. The lowest BCUT2D eigenvalue weighted by Crippen LogP contribution is -2.52. The number of ether oxygens (including phenoxy) is 2. The van der Waals surface area contributed by atoms with Crippen molar-refractivity contribution in [1.29, 1.82) is 0 Å². The average molecular weight is 334 g/mol. The van der Waals surface area contributed by atoms with E-state index in [1.807, 2.05) is 12.1 Å². The van der Waals surface area contributed by atoms with Crippen LogP contribution in [0.2, 0.25) is 0 Å². The monoisotopic (exact) mass is 334 g/mol. The zero-order valence-corrected chi connectivity index (χ0v) is 15.1. The van der Waals surface area contributed by atoms with Gasteiger partial charge in [0.15, 0.2) is 5.96 Å². The lowest BCUT2D eigenvalue weighted by molar-refractivity contribution is 0.197. The standard InChI is InChI=1S/C18H30N4O2/c1-4-19-18(20-9-6-14-23-2)22-12-10-21(11-13-22)16-7-5-8-17(15-16)24-3/h5,7-8,15H,4,6,9-14H2,1-3H3,(H,19,20). The molecule has 134 valence electrons. The second kappa shape index (κ2) is 10.0. The Morgan fingerprint density at radius 1 is 1.21 bits per heavy atom. The Balaban J connectivity index is 1.91. The Bertz CT molecular complexity index is 513. The van der Waals surface area contributed by atoms with Crippen LogP contribution in [-0.4, -0.2) is 71.0 Å². The molecule has 2 rings (SSSR count). The summed E-state index contributed by atoms with van der Waals surface area (Å²) in [6.45, 7) is 8.45. The van der Waals surface area contributed by atoms with Crippen LogP contribution in [-0.2, 0) is 4.74 Å². The molecule has 1 aromatic rings. The van der Waals surface area contributed by atoms with E-state index in [2.05, 4.69) is 34.2 Å². The normalized spacial score (nSPS) is 15.5. The molecule has 0 unspecified atom stereocenters. The maximum absolute atomic E-state index is 5.32. The molecule has 1 aliphatic rings. The van der Waals surface area contributed by atoms with Gasteiger partial charge >= 0.3 is 0 Å². The highest BCUT2D eigenvalue weighted by molar-refractivity contribution is 5.80. The third kappa shape index (κ3) is 5.30. The van der Waals surface area contributed by atoms with Gasteiger partial charge in [0.25, 0.3) is 0 Å². The van der Waals surface area contributed by atoms with Crippen molar-refractivity contribution >= 4 is 11.6 Å². The molecule has 1 saturated heterocycles. The van der Waals surface area contributed by atoms with Crippen molar-refractivity contribution in [2.24, 2.45) is 4.99 Å². The van der Waals surface area contributed by atoms with Gasteiger partial charge < -0.3 is 24.6 Å². The number of benzene rings is 1. The van der Waals surface area contributed by atoms with E-state index in [9.17, 15) is 0 Å². The highest BCUT2D eigenvalue weighted by Gasteiger charge is 2.20. The fourth-order valence-electron chi connectivity index (χ4n) is 2.80. The first-order valence-corrected chi connectivity index (χ1v) is 8.69. The fraction of sp³-hybridized carbons (Fsp3) is 0.611. The summed E-state index contributed by atoms with van der Waals surface area (Å²) < 4.78 is 10.4. The average Bonchev–Trinajstić information content (AvgIpc) is 2.64. The van der Waals surface area contributed by atoms with E-state index in [0.29, 0.717) is 0 Å². The Morgan fingerprint density at radius 2 is 2.00 bits per heavy atom. The van der Waals surface area contributed by atoms with E-state index in [-0.39, 0.29) is 0 Å². The maximum Gasteiger partial charge on any atom is 0.194 e. The second-order valence-electron chi connectivity index (χ2n) is 5.76. The molecule has 0 amide bonds. The van der Waals surface area contributed by atoms with Gasteiger partial charge in [0.2, 0.25) is 0 Å². The Hall–Kier alpha value is -1.95. The van der Waals surface area contributed by atoms with Crippen molar-refractivity contribution in [1.82, 2.24) is 10.2 Å². The molecule has 24 heavy (non-hydrogen) atoms. The molecule has 0 spiro atoms. The van der Waals surface area contributed by atoms with Crippen molar-refractivity contribution in [3.05, 3.63) is 24.3 Å². The zero-order chi connectivity index (χ0) is 17.2. The van der Waals surface area contributed by atoms with Crippen molar-refractivity contribution in [2.45, 2.75) is 13.3 Å². The SMILES string of the molecule is CCNC(=NCCCOC)N1CCN(c2cccc(OC)c2)CC1. The Labute approximate surface area is 145 Å². The van der Waals surface area contributed by atoms with Crippen LogP contribution in [0.4, 0.5) is 5.69 Å².